The first-order valence-electron chi connectivity index (χ1n) is 8.52. The predicted molar refractivity (Wildman–Crippen MR) is 85.6 cm³/mol. The lowest BCUT2D eigenvalue weighted by Gasteiger charge is -2.25. The summed E-state index contributed by atoms with van der Waals surface area (Å²) in [5.41, 5.74) is 2.48. The monoisotopic (exact) mass is 297 g/mol. The van der Waals surface area contributed by atoms with Crippen molar-refractivity contribution < 1.29 is 4.52 Å². The summed E-state index contributed by atoms with van der Waals surface area (Å²) in [6, 6.07) is 8.68. The Morgan fingerprint density at radius 2 is 1.82 bits per heavy atom. The molecule has 2 aromatic rings. The number of nitrogens with zero attached hydrogens (tertiary/aromatic N) is 2. The zero-order valence-electron chi connectivity index (χ0n) is 12.9. The third-order valence-electron chi connectivity index (χ3n) is 5.13. The first kappa shape index (κ1) is 13.9. The smallest absolute Gasteiger partial charge is 0.257 e. The van der Waals surface area contributed by atoms with Gasteiger partial charge in [-0.2, -0.15) is 4.98 Å². The minimum Gasteiger partial charge on any atom is -0.334 e. The van der Waals surface area contributed by atoms with Gasteiger partial charge in [0.1, 0.15) is 0 Å². The van der Waals surface area contributed by atoms with Crippen LogP contribution in [0.3, 0.4) is 0 Å². The first-order chi connectivity index (χ1) is 10.9. The highest BCUT2D eigenvalue weighted by Crippen LogP contribution is 2.36. The third kappa shape index (κ3) is 2.93. The van der Waals surface area contributed by atoms with Gasteiger partial charge < -0.3 is 9.84 Å². The lowest BCUT2D eigenvalue weighted by atomic mass is 9.80. The molecule has 2 fully saturated rings. The van der Waals surface area contributed by atoms with Gasteiger partial charge in [0, 0.05) is 12.0 Å². The second kappa shape index (κ2) is 6.21. The van der Waals surface area contributed by atoms with Gasteiger partial charge in [0.25, 0.3) is 5.89 Å². The Kier molecular flexibility index (Phi) is 3.94. The van der Waals surface area contributed by atoms with E-state index in [1.54, 1.807) is 0 Å². The molecule has 0 amide bonds. The van der Waals surface area contributed by atoms with Crippen LogP contribution in [0.15, 0.2) is 28.8 Å². The Balaban J connectivity index is 1.43. The fourth-order valence-corrected chi connectivity index (χ4v) is 3.44. The number of piperidine rings is 1. The lowest BCUT2D eigenvalue weighted by molar-refractivity contribution is 0.356. The second-order valence-electron chi connectivity index (χ2n) is 6.66. The van der Waals surface area contributed by atoms with Crippen LogP contribution in [0, 0.1) is 5.92 Å². The highest BCUT2D eigenvalue weighted by molar-refractivity contribution is 5.53. The van der Waals surface area contributed by atoms with Crippen molar-refractivity contribution in [3.05, 3.63) is 35.7 Å². The number of hydrogen-bond donors (Lipinski definition) is 1. The molecule has 0 spiro atoms. The quantitative estimate of drug-likeness (QED) is 0.937. The zero-order valence-corrected chi connectivity index (χ0v) is 12.9. The van der Waals surface area contributed by atoms with Crippen LogP contribution in [0.2, 0.25) is 0 Å². The van der Waals surface area contributed by atoms with Crippen LogP contribution in [-0.2, 0) is 6.42 Å². The van der Waals surface area contributed by atoms with Gasteiger partial charge in [-0.3, -0.25) is 0 Å². The molecule has 1 aliphatic carbocycles. The molecule has 4 heteroatoms. The molecule has 0 unspecified atom stereocenters. The van der Waals surface area contributed by atoms with Gasteiger partial charge in [0.15, 0.2) is 5.82 Å². The van der Waals surface area contributed by atoms with Crippen molar-refractivity contribution in [2.45, 2.75) is 44.4 Å². The van der Waals surface area contributed by atoms with E-state index in [1.807, 2.05) is 0 Å². The van der Waals surface area contributed by atoms with Crippen molar-refractivity contribution in [3.8, 4) is 11.5 Å². The maximum atomic E-state index is 5.46. The Morgan fingerprint density at radius 1 is 1.05 bits per heavy atom. The predicted octanol–water partition coefficient (Wildman–Crippen LogP) is 3.55. The van der Waals surface area contributed by atoms with Crippen LogP contribution in [0.4, 0.5) is 0 Å². The zero-order chi connectivity index (χ0) is 14.8. The molecular formula is C18H23N3O. The highest BCUT2D eigenvalue weighted by Gasteiger charge is 2.20. The van der Waals surface area contributed by atoms with Crippen LogP contribution >= 0.6 is 0 Å². The standard InChI is InChI=1S/C18H23N3O/c1-2-14(3-1)15-4-6-16(7-5-15)18-20-17(21-22-18)12-13-8-10-19-11-9-13/h4-7,13-14,19H,1-3,8-12H2. The number of hydrogen-bond acceptors (Lipinski definition) is 4. The van der Waals surface area contributed by atoms with Crippen molar-refractivity contribution >= 4 is 0 Å². The fourth-order valence-electron chi connectivity index (χ4n) is 3.44. The molecule has 2 heterocycles. The largest absolute Gasteiger partial charge is 0.334 e. The molecule has 1 saturated heterocycles. The van der Waals surface area contributed by atoms with E-state index < -0.39 is 0 Å². The summed E-state index contributed by atoms with van der Waals surface area (Å²) in [5.74, 6) is 2.97. The molecular weight excluding hydrogens is 274 g/mol. The number of rotatable bonds is 4. The van der Waals surface area contributed by atoms with Gasteiger partial charge in [-0.25, -0.2) is 0 Å². The summed E-state index contributed by atoms with van der Waals surface area (Å²) in [6.45, 7) is 2.22. The van der Waals surface area contributed by atoms with E-state index in [2.05, 4.69) is 39.7 Å². The van der Waals surface area contributed by atoms with E-state index in [9.17, 15) is 0 Å². The van der Waals surface area contributed by atoms with Crippen LogP contribution in [-0.4, -0.2) is 23.2 Å². The fraction of sp³-hybridized carbons (Fsp3) is 0.556. The summed E-state index contributed by atoms with van der Waals surface area (Å²) in [4.78, 5) is 4.59. The highest BCUT2D eigenvalue weighted by atomic mass is 16.5. The minimum atomic E-state index is 0.657. The molecule has 1 aliphatic heterocycles. The van der Waals surface area contributed by atoms with Gasteiger partial charge in [-0.05, 0) is 68.3 Å². The molecule has 0 radical (unpaired) electrons. The van der Waals surface area contributed by atoms with Crippen molar-refractivity contribution in [2.24, 2.45) is 5.92 Å². The molecule has 0 bridgehead atoms. The molecule has 4 nitrogen and oxygen atoms in total. The summed E-state index contributed by atoms with van der Waals surface area (Å²) in [7, 11) is 0. The van der Waals surface area contributed by atoms with Crippen molar-refractivity contribution in [2.75, 3.05) is 13.1 Å². The van der Waals surface area contributed by atoms with Gasteiger partial charge in [-0.15, -0.1) is 0 Å². The normalized spacial score (nSPS) is 20.0. The minimum absolute atomic E-state index is 0.657. The molecule has 1 saturated carbocycles. The van der Waals surface area contributed by atoms with E-state index in [0.717, 1.165) is 36.8 Å². The van der Waals surface area contributed by atoms with Crippen molar-refractivity contribution in [1.29, 1.82) is 0 Å². The van der Waals surface area contributed by atoms with Gasteiger partial charge in [0.2, 0.25) is 0 Å². The average Bonchev–Trinajstić information content (AvgIpc) is 2.96. The molecule has 1 aromatic heterocycles. The number of benzene rings is 1. The summed E-state index contributed by atoms with van der Waals surface area (Å²) in [6.07, 6.45) is 7.39. The van der Waals surface area contributed by atoms with E-state index in [-0.39, 0.29) is 0 Å². The maximum Gasteiger partial charge on any atom is 0.257 e. The molecule has 0 atom stereocenters. The van der Waals surface area contributed by atoms with Gasteiger partial charge >= 0.3 is 0 Å². The summed E-state index contributed by atoms with van der Waals surface area (Å²) in [5, 5.41) is 7.56. The van der Waals surface area contributed by atoms with E-state index in [1.165, 1.54) is 37.7 Å². The molecule has 1 N–H and O–H groups in total. The summed E-state index contributed by atoms with van der Waals surface area (Å²) < 4.78 is 5.46. The Bertz CT molecular complexity index is 610. The first-order valence-corrected chi connectivity index (χ1v) is 8.52. The maximum absolute atomic E-state index is 5.46. The van der Waals surface area contributed by atoms with E-state index >= 15 is 0 Å². The number of nitrogens with one attached hydrogen (secondary N) is 1. The van der Waals surface area contributed by atoms with Crippen LogP contribution < -0.4 is 5.32 Å². The van der Waals surface area contributed by atoms with E-state index in [0.29, 0.717) is 11.8 Å². The third-order valence-corrected chi connectivity index (χ3v) is 5.13. The molecule has 22 heavy (non-hydrogen) atoms. The van der Waals surface area contributed by atoms with Crippen molar-refractivity contribution in [1.82, 2.24) is 15.5 Å². The Labute approximate surface area is 131 Å². The van der Waals surface area contributed by atoms with E-state index in [4.69, 9.17) is 4.52 Å². The molecule has 2 aliphatic rings. The lowest BCUT2D eigenvalue weighted by Crippen LogP contribution is -2.28. The molecule has 116 valence electrons. The molecule has 4 rings (SSSR count). The average molecular weight is 297 g/mol. The van der Waals surface area contributed by atoms with Gasteiger partial charge in [0.05, 0.1) is 0 Å². The second-order valence-corrected chi connectivity index (χ2v) is 6.66. The molecule has 1 aromatic carbocycles. The van der Waals surface area contributed by atoms with Gasteiger partial charge in [-0.1, -0.05) is 23.7 Å². The SMILES string of the molecule is c1cc(C2CCC2)ccc1-c1nc(CC2CCNCC2)no1. The van der Waals surface area contributed by atoms with Crippen molar-refractivity contribution in [3.63, 3.8) is 0 Å². The van der Waals surface area contributed by atoms with Crippen LogP contribution in [0.5, 0.6) is 0 Å². The Hall–Kier alpha value is -1.68. The Morgan fingerprint density at radius 3 is 2.50 bits per heavy atom. The number of aromatic nitrogens is 2. The topological polar surface area (TPSA) is 51.0 Å². The van der Waals surface area contributed by atoms with Crippen LogP contribution in [0.25, 0.3) is 11.5 Å². The summed E-state index contributed by atoms with van der Waals surface area (Å²) >= 11 is 0. The van der Waals surface area contributed by atoms with Crippen LogP contribution in [0.1, 0.15) is 49.4 Å².